The van der Waals surface area contributed by atoms with Crippen molar-refractivity contribution in [3.63, 3.8) is 0 Å². The molecule has 0 atom stereocenters. The second-order valence-corrected chi connectivity index (χ2v) is 4.74. The molecule has 3 nitrogen and oxygen atoms in total. The van der Waals surface area contributed by atoms with Crippen LogP contribution in [0.25, 0.3) is 10.1 Å². The van der Waals surface area contributed by atoms with Crippen molar-refractivity contribution in [2.24, 2.45) is 16.5 Å². The van der Waals surface area contributed by atoms with Crippen molar-refractivity contribution in [2.45, 2.75) is 6.54 Å². The maximum atomic E-state index is 5.89. The smallest absolute Gasteiger partial charge is 0.186 e. The lowest BCUT2D eigenvalue weighted by Crippen LogP contribution is -2.22. The molecule has 0 aliphatic rings. The summed E-state index contributed by atoms with van der Waals surface area (Å²) in [6.07, 6.45) is 0. The van der Waals surface area contributed by atoms with Crippen molar-refractivity contribution in [1.29, 1.82) is 0 Å². The Kier molecular flexibility index (Phi) is 2.79. The van der Waals surface area contributed by atoms with Crippen molar-refractivity contribution >= 4 is 39.0 Å². The third kappa shape index (κ3) is 2.40. The first kappa shape index (κ1) is 10.3. The Morgan fingerprint density at radius 2 is 2.13 bits per heavy atom. The van der Waals surface area contributed by atoms with Gasteiger partial charge in [0.05, 0.1) is 6.54 Å². The summed E-state index contributed by atoms with van der Waals surface area (Å²) < 4.78 is 1.19. The molecule has 2 aromatic rings. The van der Waals surface area contributed by atoms with Crippen LogP contribution in [0.1, 0.15) is 4.88 Å². The Bertz CT molecular complexity index is 514. The van der Waals surface area contributed by atoms with Gasteiger partial charge in [-0.25, -0.2) is 4.99 Å². The van der Waals surface area contributed by atoms with E-state index in [0.29, 0.717) is 6.54 Å². The molecule has 1 aromatic heterocycles. The van der Waals surface area contributed by atoms with Crippen LogP contribution in [-0.4, -0.2) is 5.96 Å². The van der Waals surface area contributed by atoms with Crippen LogP contribution < -0.4 is 11.5 Å². The molecule has 0 radical (unpaired) electrons. The molecule has 0 spiro atoms. The van der Waals surface area contributed by atoms with Crippen molar-refractivity contribution in [3.8, 4) is 0 Å². The van der Waals surface area contributed by atoms with Gasteiger partial charge in [-0.05, 0) is 29.7 Å². The lowest BCUT2D eigenvalue weighted by Gasteiger charge is -1.89. The number of fused-ring (bicyclic) bond motifs is 1. The van der Waals surface area contributed by atoms with Gasteiger partial charge in [0.25, 0.3) is 0 Å². The van der Waals surface area contributed by atoms with Crippen molar-refractivity contribution in [3.05, 3.63) is 34.2 Å². The fourth-order valence-electron chi connectivity index (χ4n) is 1.32. The predicted octanol–water partition coefficient (Wildman–Crippen LogP) is 2.33. The van der Waals surface area contributed by atoms with Crippen molar-refractivity contribution in [1.82, 2.24) is 0 Å². The van der Waals surface area contributed by atoms with Crippen LogP contribution in [0.2, 0.25) is 5.02 Å². The van der Waals surface area contributed by atoms with Crippen LogP contribution >= 0.6 is 22.9 Å². The van der Waals surface area contributed by atoms with Crippen molar-refractivity contribution < 1.29 is 0 Å². The zero-order valence-electron chi connectivity index (χ0n) is 7.90. The van der Waals surface area contributed by atoms with E-state index >= 15 is 0 Å². The number of hydrogen-bond acceptors (Lipinski definition) is 2. The van der Waals surface area contributed by atoms with Gasteiger partial charge < -0.3 is 11.5 Å². The van der Waals surface area contributed by atoms with E-state index in [9.17, 15) is 0 Å². The molecule has 2 rings (SSSR count). The van der Waals surface area contributed by atoms with Gasteiger partial charge in [-0.2, -0.15) is 0 Å². The van der Waals surface area contributed by atoms with Crippen LogP contribution in [0.5, 0.6) is 0 Å². The monoisotopic (exact) mass is 239 g/mol. The van der Waals surface area contributed by atoms with Gasteiger partial charge in [0.15, 0.2) is 5.96 Å². The highest BCUT2D eigenvalue weighted by Crippen LogP contribution is 2.28. The Balaban J connectivity index is 2.35. The lowest BCUT2D eigenvalue weighted by atomic mass is 10.2. The summed E-state index contributed by atoms with van der Waals surface area (Å²) in [5, 5.41) is 1.88. The van der Waals surface area contributed by atoms with Crippen molar-refractivity contribution in [2.75, 3.05) is 0 Å². The molecule has 0 fully saturated rings. The molecule has 0 aliphatic heterocycles. The van der Waals surface area contributed by atoms with Gasteiger partial charge in [0, 0.05) is 14.6 Å². The molecule has 0 bridgehead atoms. The number of nitrogens with two attached hydrogens (primary N) is 2. The van der Waals surface area contributed by atoms with E-state index in [4.69, 9.17) is 23.1 Å². The minimum absolute atomic E-state index is 0.116. The lowest BCUT2D eigenvalue weighted by molar-refractivity contribution is 1.09. The maximum Gasteiger partial charge on any atom is 0.186 e. The zero-order valence-corrected chi connectivity index (χ0v) is 9.48. The average molecular weight is 240 g/mol. The quantitative estimate of drug-likeness (QED) is 0.624. The van der Waals surface area contributed by atoms with Crippen LogP contribution in [0, 0.1) is 0 Å². The van der Waals surface area contributed by atoms with Gasteiger partial charge in [-0.3, -0.25) is 0 Å². The Morgan fingerprint density at radius 3 is 2.87 bits per heavy atom. The molecule has 0 aliphatic carbocycles. The summed E-state index contributed by atoms with van der Waals surface area (Å²) in [6.45, 7) is 0.527. The highest BCUT2D eigenvalue weighted by Gasteiger charge is 2.01. The molecular formula is C10H10ClN3S. The summed E-state index contributed by atoms with van der Waals surface area (Å²) >= 11 is 7.56. The number of thiophene rings is 1. The average Bonchev–Trinajstić information content (AvgIpc) is 2.56. The van der Waals surface area contributed by atoms with Gasteiger partial charge in [-0.1, -0.05) is 11.6 Å². The second kappa shape index (κ2) is 4.08. The minimum Gasteiger partial charge on any atom is -0.370 e. The third-order valence-corrected chi connectivity index (χ3v) is 3.28. The fraction of sp³-hybridized carbons (Fsp3) is 0.100. The topological polar surface area (TPSA) is 64.4 Å². The Labute approximate surface area is 96.4 Å². The first-order valence-corrected chi connectivity index (χ1v) is 5.58. The normalized spacial score (nSPS) is 10.5. The summed E-state index contributed by atoms with van der Waals surface area (Å²) in [7, 11) is 0. The Morgan fingerprint density at radius 1 is 1.33 bits per heavy atom. The van der Waals surface area contributed by atoms with E-state index < -0.39 is 0 Å². The highest BCUT2D eigenvalue weighted by molar-refractivity contribution is 7.19. The molecule has 15 heavy (non-hydrogen) atoms. The van der Waals surface area contributed by atoms with E-state index in [1.807, 2.05) is 18.2 Å². The summed E-state index contributed by atoms with van der Waals surface area (Å²) in [5.41, 5.74) is 10.5. The molecule has 1 aromatic carbocycles. The molecule has 1 heterocycles. The number of rotatable bonds is 2. The molecule has 0 amide bonds. The number of benzene rings is 1. The molecule has 78 valence electrons. The van der Waals surface area contributed by atoms with Gasteiger partial charge in [-0.15, -0.1) is 11.3 Å². The minimum atomic E-state index is 0.116. The van der Waals surface area contributed by atoms with Gasteiger partial charge in [0.2, 0.25) is 0 Å². The molecule has 0 unspecified atom stereocenters. The van der Waals surface area contributed by atoms with E-state index in [1.165, 1.54) is 4.70 Å². The fourth-order valence-corrected chi connectivity index (χ4v) is 2.47. The first-order valence-electron chi connectivity index (χ1n) is 4.38. The van der Waals surface area contributed by atoms with Crippen LogP contribution in [0.3, 0.4) is 0 Å². The molecule has 0 saturated heterocycles. The first-order chi connectivity index (χ1) is 7.15. The summed E-state index contributed by atoms with van der Waals surface area (Å²) in [5.74, 6) is 0.116. The third-order valence-electron chi connectivity index (χ3n) is 1.95. The highest BCUT2D eigenvalue weighted by atomic mass is 35.5. The largest absolute Gasteiger partial charge is 0.370 e. The maximum absolute atomic E-state index is 5.89. The van der Waals surface area contributed by atoms with Gasteiger partial charge in [0.1, 0.15) is 0 Å². The molecule has 4 N–H and O–H groups in total. The number of halogens is 1. The Hall–Kier alpha value is -1.26. The summed E-state index contributed by atoms with van der Waals surface area (Å²) in [6, 6.07) is 7.87. The molecule has 0 saturated carbocycles. The van der Waals surface area contributed by atoms with E-state index in [2.05, 4.69) is 11.1 Å². The number of nitrogens with zero attached hydrogens (tertiary/aromatic N) is 1. The second-order valence-electron chi connectivity index (χ2n) is 3.14. The van der Waals surface area contributed by atoms with Crippen LogP contribution in [-0.2, 0) is 6.54 Å². The van der Waals surface area contributed by atoms with Crippen LogP contribution in [0.15, 0.2) is 29.3 Å². The van der Waals surface area contributed by atoms with E-state index in [-0.39, 0.29) is 5.96 Å². The molecular weight excluding hydrogens is 230 g/mol. The standard InChI is InChI=1S/C10H10ClN3S/c11-7-1-2-9-6(3-7)4-8(15-9)5-14-10(12)13/h1-4H,5H2,(H4,12,13,14). The number of guanidine groups is 1. The SMILES string of the molecule is NC(N)=NCc1cc2cc(Cl)ccc2s1. The predicted molar refractivity (Wildman–Crippen MR) is 66.3 cm³/mol. The summed E-state index contributed by atoms with van der Waals surface area (Å²) in [4.78, 5) is 5.09. The van der Waals surface area contributed by atoms with E-state index in [1.54, 1.807) is 11.3 Å². The zero-order chi connectivity index (χ0) is 10.8. The van der Waals surface area contributed by atoms with Crippen LogP contribution in [0.4, 0.5) is 0 Å². The number of aliphatic imine (C=N–C) groups is 1. The molecule has 5 heteroatoms. The van der Waals surface area contributed by atoms with E-state index in [0.717, 1.165) is 15.3 Å². The van der Waals surface area contributed by atoms with Gasteiger partial charge >= 0.3 is 0 Å². The number of hydrogen-bond donors (Lipinski definition) is 2.